The molecule has 10 heteroatoms. The molecule has 1 aromatic heterocycles. The van der Waals surface area contributed by atoms with E-state index >= 15 is 0 Å². The molecule has 0 bridgehead atoms. The molecule has 1 heterocycles. The summed E-state index contributed by atoms with van der Waals surface area (Å²) < 4.78 is 56.2. The van der Waals surface area contributed by atoms with Crippen LogP contribution in [0.3, 0.4) is 0 Å². The van der Waals surface area contributed by atoms with Gasteiger partial charge in [0.25, 0.3) is 5.91 Å². The van der Waals surface area contributed by atoms with Crippen molar-refractivity contribution in [2.45, 2.75) is 19.6 Å². The molecule has 3 rings (SSSR count). The van der Waals surface area contributed by atoms with Gasteiger partial charge in [-0.15, -0.1) is 0 Å². The van der Waals surface area contributed by atoms with E-state index < -0.39 is 17.6 Å². The van der Waals surface area contributed by atoms with Gasteiger partial charge in [0.15, 0.2) is 11.5 Å². The number of aromatic nitrogens is 2. The standard InChI is InChI=1S/C22H22F3N3O4/c1-13-17(12-27-28(13)16-7-5-6-15(10-16)22(23,24)25)21(29)26-11-14-8-18(30-2)20(32-4)19(9-14)31-3/h5-10,12H,11H2,1-4H3,(H,26,29). The molecule has 1 N–H and O–H groups in total. The van der Waals surface area contributed by atoms with Crippen LogP contribution >= 0.6 is 0 Å². The van der Waals surface area contributed by atoms with Gasteiger partial charge >= 0.3 is 6.18 Å². The van der Waals surface area contributed by atoms with Crippen molar-refractivity contribution in [1.82, 2.24) is 15.1 Å². The third kappa shape index (κ3) is 4.63. The topological polar surface area (TPSA) is 74.6 Å². The normalized spacial score (nSPS) is 11.2. The molecular weight excluding hydrogens is 427 g/mol. The number of nitrogens with one attached hydrogen (secondary N) is 1. The van der Waals surface area contributed by atoms with Crippen LogP contribution in [-0.4, -0.2) is 37.0 Å². The fourth-order valence-electron chi connectivity index (χ4n) is 3.22. The van der Waals surface area contributed by atoms with Gasteiger partial charge in [0, 0.05) is 6.54 Å². The van der Waals surface area contributed by atoms with Crippen molar-refractivity contribution >= 4 is 5.91 Å². The number of rotatable bonds is 7. The first-order valence-corrected chi connectivity index (χ1v) is 9.49. The summed E-state index contributed by atoms with van der Waals surface area (Å²) in [5.41, 5.74) is 0.775. The molecule has 0 aliphatic carbocycles. The van der Waals surface area contributed by atoms with E-state index in [1.54, 1.807) is 19.1 Å². The Labute approximate surface area is 182 Å². The molecule has 1 amide bonds. The average molecular weight is 449 g/mol. The quantitative estimate of drug-likeness (QED) is 0.587. The lowest BCUT2D eigenvalue weighted by Crippen LogP contribution is -2.23. The molecule has 0 saturated heterocycles. The van der Waals surface area contributed by atoms with E-state index in [0.29, 0.717) is 28.5 Å². The minimum absolute atomic E-state index is 0.156. The summed E-state index contributed by atoms with van der Waals surface area (Å²) in [7, 11) is 4.48. The van der Waals surface area contributed by atoms with Crippen molar-refractivity contribution < 1.29 is 32.2 Å². The molecule has 0 unspecified atom stereocenters. The van der Waals surface area contributed by atoms with Crippen molar-refractivity contribution in [2.75, 3.05) is 21.3 Å². The molecule has 0 atom stereocenters. The Hall–Kier alpha value is -3.69. The fraction of sp³-hybridized carbons (Fsp3) is 0.273. The van der Waals surface area contributed by atoms with Crippen molar-refractivity contribution in [3.63, 3.8) is 0 Å². The number of benzene rings is 2. The Morgan fingerprint density at radius 2 is 1.72 bits per heavy atom. The molecule has 0 saturated carbocycles. The molecule has 0 spiro atoms. The van der Waals surface area contributed by atoms with Crippen LogP contribution < -0.4 is 19.5 Å². The summed E-state index contributed by atoms with van der Waals surface area (Å²) in [5.74, 6) is 0.909. The maximum Gasteiger partial charge on any atom is 0.416 e. The number of hydrogen-bond acceptors (Lipinski definition) is 5. The highest BCUT2D eigenvalue weighted by molar-refractivity contribution is 5.95. The highest BCUT2D eigenvalue weighted by Gasteiger charge is 2.30. The first kappa shape index (κ1) is 23.0. The van der Waals surface area contributed by atoms with Gasteiger partial charge in [-0.25, -0.2) is 4.68 Å². The lowest BCUT2D eigenvalue weighted by Gasteiger charge is -2.14. The first-order chi connectivity index (χ1) is 15.2. The summed E-state index contributed by atoms with van der Waals surface area (Å²) >= 11 is 0. The van der Waals surface area contributed by atoms with Gasteiger partial charge in [-0.3, -0.25) is 4.79 Å². The van der Waals surface area contributed by atoms with Gasteiger partial charge in [-0.05, 0) is 42.8 Å². The van der Waals surface area contributed by atoms with Gasteiger partial charge < -0.3 is 19.5 Å². The maximum absolute atomic E-state index is 13.0. The highest BCUT2D eigenvalue weighted by Crippen LogP contribution is 2.38. The molecule has 0 radical (unpaired) electrons. The number of hydrogen-bond donors (Lipinski definition) is 1. The van der Waals surface area contributed by atoms with Crippen LogP contribution in [0, 0.1) is 6.92 Å². The summed E-state index contributed by atoms with van der Waals surface area (Å²) in [6.45, 7) is 1.77. The number of alkyl halides is 3. The molecule has 7 nitrogen and oxygen atoms in total. The SMILES string of the molecule is COc1cc(CNC(=O)c2cnn(-c3cccc(C(F)(F)F)c3)c2C)cc(OC)c1OC. The zero-order valence-electron chi connectivity index (χ0n) is 17.9. The Morgan fingerprint density at radius 3 is 2.28 bits per heavy atom. The number of amides is 1. The minimum Gasteiger partial charge on any atom is -0.493 e. The van der Waals surface area contributed by atoms with Gasteiger partial charge in [0.1, 0.15) is 0 Å². The van der Waals surface area contributed by atoms with Crippen molar-refractivity contribution in [2.24, 2.45) is 0 Å². The van der Waals surface area contributed by atoms with Gasteiger partial charge in [-0.1, -0.05) is 6.07 Å². The summed E-state index contributed by atoms with van der Waals surface area (Å²) in [4.78, 5) is 12.7. The molecule has 32 heavy (non-hydrogen) atoms. The molecule has 170 valence electrons. The third-order valence-electron chi connectivity index (χ3n) is 4.85. The van der Waals surface area contributed by atoms with Crippen LogP contribution in [0.25, 0.3) is 5.69 Å². The zero-order chi connectivity index (χ0) is 23.5. The van der Waals surface area contributed by atoms with Crippen LogP contribution in [0.1, 0.15) is 27.2 Å². The smallest absolute Gasteiger partial charge is 0.416 e. The molecule has 3 aromatic rings. The Kier molecular flexibility index (Phi) is 6.61. The predicted octanol–water partition coefficient (Wildman–Crippen LogP) is 4.16. The monoisotopic (exact) mass is 449 g/mol. The lowest BCUT2D eigenvalue weighted by atomic mass is 10.1. The van der Waals surface area contributed by atoms with Crippen LogP contribution in [0.4, 0.5) is 13.2 Å². The largest absolute Gasteiger partial charge is 0.493 e. The summed E-state index contributed by atoms with van der Waals surface area (Å²) in [5, 5.41) is 6.87. The lowest BCUT2D eigenvalue weighted by molar-refractivity contribution is -0.137. The van der Waals surface area contributed by atoms with E-state index in [2.05, 4.69) is 10.4 Å². The molecule has 0 aliphatic heterocycles. The summed E-state index contributed by atoms with van der Waals surface area (Å²) in [6.07, 6.45) is -3.15. The summed E-state index contributed by atoms with van der Waals surface area (Å²) in [6, 6.07) is 8.17. The van der Waals surface area contributed by atoms with E-state index in [9.17, 15) is 18.0 Å². The molecule has 0 aliphatic rings. The van der Waals surface area contributed by atoms with Crippen LogP contribution in [0.5, 0.6) is 17.2 Å². The number of carbonyl (C=O) groups is 1. The number of ether oxygens (including phenoxy) is 3. The van der Waals surface area contributed by atoms with Gasteiger partial charge in [0.2, 0.25) is 5.75 Å². The van der Waals surface area contributed by atoms with E-state index in [-0.39, 0.29) is 17.8 Å². The Morgan fingerprint density at radius 1 is 1.06 bits per heavy atom. The van der Waals surface area contributed by atoms with Crippen molar-refractivity contribution in [3.05, 3.63) is 65.0 Å². The average Bonchev–Trinajstić information content (AvgIpc) is 3.17. The second kappa shape index (κ2) is 9.21. The van der Waals surface area contributed by atoms with Crippen molar-refractivity contribution in [1.29, 1.82) is 0 Å². The Bertz CT molecular complexity index is 1100. The highest BCUT2D eigenvalue weighted by atomic mass is 19.4. The first-order valence-electron chi connectivity index (χ1n) is 9.49. The maximum atomic E-state index is 13.0. The number of methoxy groups -OCH3 is 3. The molecule has 0 fully saturated rings. The number of carbonyl (C=O) groups excluding carboxylic acids is 1. The van der Waals surface area contributed by atoms with E-state index in [1.165, 1.54) is 44.3 Å². The van der Waals surface area contributed by atoms with E-state index in [1.807, 2.05) is 0 Å². The number of nitrogens with zero attached hydrogens (tertiary/aromatic N) is 2. The van der Waals surface area contributed by atoms with E-state index in [0.717, 1.165) is 12.1 Å². The second-order valence-corrected chi connectivity index (χ2v) is 6.82. The third-order valence-corrected chi connectivity index (χ3v) is 4.85. The van der Waals surface area contributed by atoms with Gasteiger partial charge in [-0.2, -0.15) is 18.3 Å². The zero-order valence-corrected chi connectivity index (χ0v) is 17.9. The van der Waals surface area contributed by atoms with E-state index in [4.69, 9.17) is 14.2 Å². The van der Waals surface area contributed by atoms with Crippen LogP contribution in [-0.2, 0) is 12.7 Å². The van der Waals surface area contributed by atoms with Crippen molar-refractivity contribution in [3.8, 4) is 22.9 Å². The Balaban J connectivity index is 1.80. The van der Waals surface area contributed by atoms with Crippen LogP contribution in [0.2, 0.25) is 0 Å². The molecular formula is C22H22F3N3O4. The predicted molar refractivity (Wildman–Crippen MR) is 111 cm³/mol. The van der Waals surface area contributed by atoms with Crippen LogP contribution in [0.15, 0.2) is 42.6 Å². The van der Waals surface area contributed by atoms with Gasteiger partial charge in [0.05, 0.1) is 50.0 Å². The minimum atomic E-state index is -4.47. The fourth-order valence-corrected chi connectivity index (χ4v) is 3.22. The number of halogens is 3. The molecule has 2 aromatic carbocycles. The second-order valence-electron chi connectivity index (χ2n) is 6.82.